The Morgan fingerprint density at radius 1 is 1.10 bits per heavy atom. The van der Waals surface area contributed by atoms with E-state index in [4.69, 9.17) is 9.47 Å². The van der Waals surface area contributed by atoms with Crippen LogP contribution in [0.5, 0.6) is 11.5 Å². The molecule has 2 aromatic carbocycles. The molecule has 0 radical (unpaired) electrons. The number of anilines is 1. The maximum atomic E-state index is 14.2. The van der Waals surface area contributed by atoms with Crippen LogP contribution in [-0.2, 0) is 4.74 Å². The molecule has 2 aromatic heterocycles. The maximum Gasteiger partial charge on any atom is 0.410 e. The average molecular weight is 542 g/mol. The Hall–Kier alpha value is -4.53. The fourth-order valence-electron chi connectivity index (χ4n) is 5.00. The van der Waals surface area contributed by atoms with Gasteiger partial charge >= 0.3 is 11.8 Å². The Bertz CT molecular complexity index is 1550. The number of imidazole rings is 1. The van der Waals surface area contributed by atoms with E-state index in [-0.39, 0.29) is 17.8 Å². The number of hydrogen-bond acceptors (Lipinski definition) is 6. The Morgan fingerprint density at radius 2 is 1.82 bits per heavy atom. The van der Waals surface area contributed by atoms with Crippen molar-refractivity contribution in [2.45, 2.75) is 45.3 Å². The number of pyridine rings is 1. The van der Waals surface area contributed by atoms with Crippen molar-refractivity contribution in [3.05, 3.63) is 90.0 Å². The second-order valence-corrected chi connectivity index (χ2v) is 10.8. The lowest BCUT2D eigenvalue weighted by atomic mass is 10.1. The van der Waals surface area contributed by atoms with E-state index in [0.717, 1.165) is 24.1 Å². The highest BCUT2D eigenvalue weighted by atomic mass is 16.6. The van der Waals surface area contributed by atoms with Crippen molar-refractivity contribution in [2.75, 3.05) is 25.0 Å². The normalized spacial score (nSPS) is 15.6. The van der Waals surface area contributed by atoms with Gasteiger partial charge in [0.05, 0.1) is 17.2 Å². The molecule has 4 aromatic rings. The first-order chi connectivity index (χ1) is 19.2. The molecular weight excluding hydrogens is 506 g/mol. The highest BCUT2D eigenvalue weighted by molar-refractivity contribution is 5.88. The molecule has 1 amide bonds. The fraction of sp³-hybridized carbons (Fsp3) is 0.323. The highest BCUT2D eigenvalue weighted by Gasteiger charge is 2.31. The number of benzene rings is 2. The predicted molar refractivity (Wildman–Crippen MR) is 157 cm³/mol. The first-order valence-corrected chi connectivity index (χ1v) is 13.5. The van der Waals surface area contributed by atoms with Crippen LogP contribution in [0.15, 0.2) is 84.3 Å². The maximum absolute atomic E-state index is 14.2. The second-order valence-electron chi connectivity index (χ2n) is 10.8. The Balaban J connectivity index is 1.55. The number of carbonyl (C=O) groups is 1. The van der Waals surface area contributed by atoms with Gasteiger partial charge in [-0.2, -0.15) is 0 Å². The lowest BCUT2D eigenvalue weighted by molar-refractivity contribution is 0.0173. The molecule has 0 unspecified atom stereocenters. The van der Waals surface area contributed by atoms with Crippen LogP contribution in [0.2, 0.25) is 0 Å². The molecule has 1 N–H and O–H groups in total. The van der Waals surface area contributed by atoms with Crippen molar-refractivity contribution >= 4 is 22.9 Å². The smallest absolute Gasteiger partial charge is 0.410 e. The zero-order valence-electron chi connectivity index (χ0n) is 23.2. The second kappa shape index (κ2) is 11.3. The van der Waals surface area contributed by atoms with Gasteiger partial charge in [-0.3, -0.25) is 9.13 Å². The van der Waals surface area contributed by atoms with Gasteiger partial charge in [0.15, 0.2) is 5.82 Å². The lowest BCUT2D eigenvalue weighted by Gasteiger charge is -2.34. The number of para-hydroxylation sites is 1. The van der Waals surface area contributed by atoms with Gasteiger partial charge in [0.1, 0.15) is 22.6 Å². The first kappa shape index (κ1) is 27.1. The number of aromatic nitrogens is 3. The third kappa shape index (κ3) is 5.73. The summed E-state index contributed by atoms with van der Waals surface area (Å²) in [4.78, 5) is 33.3. The minimum Gasteiger partial charge on any atom is -0.457 e. The number of piperidine rings is 1. The van der Waals surface area contributed by atoms with Crippen molar-refractivity contribution in [1.29, 1.82) is 0 Å². The van der Waals surface area contributed by atoms with Gasteiger partial charge in [-0.1, -0.05) is 24.3 Å². The van der Waals surface area contributed by atoms with E-state index in [9.17, 15) is 9.59 Å². The van der Waals surface area contributed by atoms with E-state index >= 15 is 0 Å². The summed E-state index contributed by atoms with van der Waals surface area (Å²) in [6, 6.07) is 18.6. The van der Waals surface area contributed by atoms with Gasteiger partial charge in [-0.25, -0.2) is 14.6 Å². The van der Waals surface area contributed by atoms with E-state index in [0.29, 0.717) is 42.4 Å². The molecule has 1 saturated heterocycles. The molecule has 0 spiro atoms. The van der Waals surface area contributed by atoms with Crippen LogP contribution in [0.25, 0.3) is 16.7 Å². The minimum atomic E-state index is -0.593. The van der Waals surface area contributed by atoms with Crippen molar-refractivity contribution in [3.63, 3.8) is 0 Å². The van der Waals surface area contributed by atoms with Gasteiger partial charge < -0.3 is 19.7 Å². The number of carbonyl (C=O) groups excluding carboxylic acids is 1. The molecule has 1 fully saturated rings. The number of ether oxygens (including phenoxy) is 2. The average Bonchev–Trinajstić information content (AvgIpc) is 3.24. The van der Waals surface area contributed by atoms with Crippen LogP contribution in [-0.4, -0.2) is 50.3 Å². The molecule has 0 bridgehead atoms. The van der Waals surface area contributed by atoms with E-state index in [1.165, 1.54) is 0 Å². The van der Waals surface area contributed by atoms with Gasteiger partial charge in [-0.05, 0) is 76.1 Å². The van der Waals surface area contributed by atoms with E-state index in [1.807, 2.05) is 81.4 Å². The fourth-order valence-corrected chi connectivity index (χ4v) is 5.00. The number of hydrogen-bond donors (Lipinski definition) is 1. The molecule has 3 heterocycles. The van der Waals surface area contributed by atoms with E-state index in [1.54, 1.807) is 26.3 Å². The van der Waals surface area contributed by atoms with Crippen LogP contribution in [0.1, 0.15) is 39.7 Å². The van der Waals surface area contributed by atoms with Gasteiger partial charge in [0.25, 0.3) is 0 Å². The Labute approximate surface area is 233 Å². The highest BCUT2D eigenvalue weighted by Crippen LogP contribution is 2.31. The summed E-state index contributed by atoms with van der Waals surface area (Å²) in [5.41, 5.74) is 1.30. The van der Waals surface area contributed by atoms with E-state index < -0.39 is 5.60 Å². The summed E-state index contributed by atoms with van der Waals surface area (Å²) >= 11 is 0. The molecule has 0 aliphatic carbocycles. The number of amides is 1. The lowest BCUT2D eigenvalue weighted by Crippen LogP contribution is -2.45. The van der Waals surface area contributed by atoms with Crippen LogP contribution < -0.4 is 15.7 Å². The third-order valence-corrected chi connectivity index (χ3v) is 6.68. The number of fused-ring (bicyclic) bond motifs is 1. The van der Waals surface area contributed by atoms with Gasteiger partial charge in [0, 0.05) is 25.8 Å². The molecule has 0 saturated carbocycles. The molecule has 1 aliphatic rings. The molecule has 1 aliphatic heterocycles. The van der Waals surface area contributed by atoms with Crippen molar-refractivity contribution in [2.24, 2.45) is 0 Å². The molecule has 5 rings (SSSR count). The van der Waals surface area contributed by atoms with Crippen molar-refractivity contribution < 1.29 is 14.3 Å². The zero-order valence-corrected chi connectivity index (χ0v) is 23.2. The SMILES string of the molecule is C=CCNc1nccc2c1n(-c1ccc(Oc3ccccc3)cc1)c(=O)n2[C@@H]1CCCN(C(=O)OC(C)(C)C)C1. The number of nitrogens with zero attached hydrogens (tertiary/aromatic N) is 4. The largest absolute Gasteiger partial charge is 0.457 e. The predicted octanol–water partition coefficient (Wildman–Crippen LogP) is 6.15. The first-order valence-electron chi connectivity index (χ1n) is 13.5. The van der Waals surface area contributed by atoms with Gasteiger partial charge in [-0.15, -0.1) is 6.58 Å². The molecule has 1 atom stereocenters. The van der Waals surface area contributed by atoms with E-state index in [2.05, 4.69) is 16.9 Å². The van der Waals surface area contributed by atoms with Crippen LogP contribution in [0, 0.1) is 0 Å². The summed E-state index contributed by atoms with van der Waals surface area (Å²) in [5, 5.41) is 3.28. The number of likely N-dealkylation sites (tertiary alicyclic amines) is 1. The summed E-state index contributed by atoms with van der Waals surface area (Å²) in [6.45, 7) is 10.8. The van der Waals surface area contributed by atoms with Gasteiger partial charge in [0.2, 0.25) is 0 Å². The monoisotopic (exact) mass is 541 g/mol. The molecule has 40 heavy (non-hydrogen) atoms. The topological polar surface area (TPSA) is 90.6 Å². The summed E-state index contributed by atoms with van der Waals surface area (Å²) in [7, 11) is 0. The number of rotatable bonds is 7. The molecule has 9 heteroatoms. The number of nitrogens with one attached hydrogen (secondary N) is 1. The van der Waals surface area contributed by atoms with Crippen molar-refractivity contribution in [3.8, 4) is 17.2 Å². The summed E-state index contributed by atoms with van der Waals surface area (Å²) in [5.74, 6) is 1.98. The standard InChI is InChI=1S/C31H35N5O4/c1-5-18-32-28-27-26(17-19-33-28)35(23-10-9-20-34(21-23)30(38)40-31(2,3)4)29(37)36(27)22-13-15-25(16-14-22)39-24-11-7-6-8-12-24/h5-8,11-17,19,23H,1,9-10,18,20-21H2,2-4H3,(H,32,33)/t23-/m1/s1. The van der Waals surface area contributed by atoms with Crippen LogP contribution in [0.3, 0.4) is 0 Å². The molecule has 208 valence electrons. The third-order valence-electron chi connectivity index (χ3n) is 6.68. The van der Waals surface area contributed by atoms with Crippen molar-refractivity contribution in [1.82, 2.24) is 19.0 Å². The molecular formula is C31H35N5O4. The Morgan fingerprint density at radius 3 is 2.52 bits per heavy atom. The minimum absolute atomic E-state index is 0.197. The quantitative estimate of drug-likeness (QED) is 0.282. The van der Waals surface area contributed by atoms with Crippen LogP contribution in [0.4, 0.5) is 10.6 Å². The summed E-state index contributed by atoms with van der Waals surface area (Å²) in [6.07, 6.45) is 4.61. The summed E-state index contributed by atoms with van der Waals surface area (Å²) < 4.78 is 15.0. The van der Waals surface area contributed by atoms with Crippen LogP contribution >= 0.6 is 0 Å². The zero-order chi connectivity index (χ0) is 28.3. The Kier molecular flexibility index (Phi) is 7.64. The molecule has 9 nitrogen and oxygen atoms in total.